The minimum absolute atomic E-state index is 0.311. The molecule has 0 saturated heterocycles. The molecule has 0 spiro atoms. The van der Waals surface area contributed by atoms with E-state index in [1.165, 1.54) is 6.07 Å². The standard InChI is InChI=1S/C12H13FO2/c1-3-10(14)11-6-8-9(13)5-4-7(2)12(8)15-11/h4-6,10,14H,3H2,1-2H3. The Labute approximate surface area is 87.3 Å². The van der Waals surface area contributed by atoms with Crippen LogP contribution >= 0.6 is 0 Å². The summed E-state index contributed by atoms with van der Waals surface area (Å²) in [5.41, 5.74) is 1.40. The topological polar surface area (TPSA) is 33.4 Å². The molecule has 1 heterocycles. The molecule has 80 valence electrons. The molecule has 1 atom stereocenters. The first-order valence-corrected chi connectivity index (χ1v) is 5.00. The third kappa shape index (κ3) is 1.63. The molecule has 3 heteroatoms. The first-order valence-electron chi connectivity index (χ1n) is 5.00. The lowest BCUT2D eigenvalue weighted by Crippen LogP contribution is -1.91. The normalized spacial score (nSPS) is 13.3. The fraction of sp³-hybridized carbons (Fsp3) is 0.333. The molecule has 2 rings (SSSR count). The second-order valence-corrected chi connectivity index (χ2v) is 3.68. The van der Waals surface area contributed by atoms with Crippen molar-refractivity contribution in [2.75, 3.05) is 0 Å². The molecule has 1 aromatic heterocycles. The minimum atomic E-state index is -0.656. The largest absolute Gasteiger partial charge is 0.458 e. The quantitative estimate of drug-likeness (QED) is 0.821. The van der Waals surface area contributed by atoms with E-state index in [-0.39, 0.29) is 5.82 Å². The van der Waals surface area contributed by atoms with E-state index < -0.39 is 6.10 Å². The summed E-state index contributed by atoms with van der Waals surface area (Å²) in [5.74, 6) is 0.120. The van der Waals surface area contributed by atoms with Crippen LogP contribution in [-0.4, -0.2) is 5.11 Å². The highest BCUT2D eigenvalue weighted by atomic mass is 19.1. The number of furan rings is 1. The maximum absolute atomic E-state index is 13.4. The van der Waals surface area contributed by atoms with Gasteiger partial charge >= 0.3 is 0 Å². The molecule has 2 nitrogen and oxygen atoms in total. The van der Waals surface area contributed by atoms with Crippen molar-refractivity contribution in [2.45, 2.75) is 26.4 Å². The molecule has 0 aliphatic heterocycles. The average Bonchev–Trinajstić information content (AvgIpc) is 2.68. The van der Waals surface area contributed by atoms with Gasteiger partial charge in [-0.15, -0.1) is 0 Å². The summed E-state index contributed by atoms with van der Waals surface area (Å²) < 4.78 is 18.8. The molecular formula is C12H13FO2. The summed E-state index contributed by atoms with van der Waals surface area (Å²) in [6, 6.07) is 4.66. The van der Waals surface area contributed by atoms with E-state index in [1.807, 2.05) is 13.8 Å². The van der Waals surface area contributed by atoms with Crippen molar-refractivity contribution in [2.24, 2.45) is 0 Å². The van der Waals surface area contributed by atoms with Gasteiger partial charge in [-0.1, -0.05) is 13.0 Å². The lowest BCUT2D eigenvalue weighted by Gasteiger charge is -2.01. The monoisotopic (exact) mass is 208 g/mol. The summed E-state index contributed by atoms with van der Waals surface area (Å²) >= 11 is 0. The number of aryl methyl sites for hydroxylation is 1. The van der Waals surface area contributed by atoms with Gasteiger partial charge in [-0.3, -0.25) is 0 Å². The van der Waals surface area contributed by atoms with Gasteiger partial charge < -0.3 is 9.52 Å². The molecule has 0 aliphatic rings. The Morgan fingerprint density at radius 1 is 1.47 bits per heavy atom. The van der Waals surface area contributed by atoms with E-state index in [9.17, 15) is 9.50 Å². The number of benzene rings is 1. The Kier molecular flexibility index (Phi) is 2.49. The van der Waals surface area contributed by atoms with Gasteiger partial charge in [0.2, 0.25) is 0 Å². The van der Waals surface area contributed by atoms with Crippen molar-refractivity contribution in [3.8, 4) is 0 Å². The fourth-order valence-corrected chi connectivity index (χ4v) is 1.61. The molecule has 0 fully saturated rings. The molecule has 1 N–H and O–H groups in total. The van der Waals surface area contributed by atoms with Crippen LogP contribution in [0.15, 0.2) is 22.6 Å². The highest BCUT2D eigenvalue weighted by Gasteiger charge is 2.14. The Morgan fingerprint density at radius 3 is 2.80 bits per heavy atom. The number of fused-ring (bicyclic) bond motifs is 1. The number of halogens is 1. The highest BCUT2D eigenvalue weighted by Crippen LogP contribution is 2.29. The smallest absolute Gasteiger partial charge is 0.140 e. The Morgan fingerprint density at radius 2 is 2.20 bits per heavy atom. The third-order valence-corrected chi connectivity index (χ3v) is 2.56. The average molecular weight is 208 g/mol. The predicted octanol–water partition coefficient (Wildman–Crippen LogP) is 3.32. The summed E-state index contributed by atoms with van der Waals surface area (Å²) in [6.07, 6.45) is -0.100. The molecule has 0 aliphatic carbocycles. The van der Waals surface area contributed by atoms with Crippen molar-refractivity contribution in [3.05, 3.63) is 35.3 Å². The van der Waals surface area contributed by atoms with E-state index in [4.69, 9.17) is 4.42 Å². The number of hydrogen-bond acceptors (Lipinski definition) is 2. The number of aliphatic hydroxyl groups excluding tert-OH is 1. The molecule has 15 heavy (non-hydrogen) atoms. The van der Waals surface area contributed by atoms with Gasteiger partial charge in [0, 0.05) is 0 Å². The number of aliphatic hydroxyl groups is 1. The van der Waals surface area contributed by atoms with Crippen molar-refractivity contribution >= 4 is 11.0 Å². The molecule has 0 saturated carbocycles. The molecular weight excluding hydrogens is 195 g/mol. The zero-order valence-corrected chi connectivity index (χ0v) is 8.75. The van der Waals surface area contributed by atoms with Crippen LogP contribution in [0.2, 0.25) is 0 Å². The molecule has 0 amide bonds. The van der Waals surface area contributed by atoms with Crippen LogP contribution < -0.4 is 0 Å². The van der Waals surface area contributed by atoms with Crippen LogP contribution in [0, 0.1) is 12.7 Å². The summed E-state index contributed by atoms with van der Waals surface area (Å²) in [6.45, 7) is 3.70. The van der Waals surface area contributed by atoms with Gasteiger partial charge in [-0.25, -0.2) is 4.39 Å². The fourth-order valence-electron chi connectivity index (χ4n) is 1.61. The molecule has 0 radical (unpaired) electrons. The predicted molar refractivity (Wildman–Crippen MR) is 56.2 cm³/mol. The number of hydrogen-bond donors (Lipinski definition) is 1. The highest BCUT2D eigenvalue weighted by molar-refractivity contribution is 5.81. The molecule has 1 aromatic carbocycles. The van der Waals surface area contributed by atoms with Crippen molar-refractivity contribution < 1.29 is 13.9 Å². The SMILES string of the molecule is CCC(O)c1cc2c(F)ccc(C)c2o1. The Bertz CT molecular complexity index is 449. The zero-order chi connectivity index (χ0) is 11.0. The maximum Gasteiger partial charge on any atom is 0.140 e. The van der Waals surface area contributed by atoms with Crippen LogP contribution in [0.5, 0.6) is 0 Å². The molecule has 2 aromatic rings. The van der Waals surface area contributed by atoms with E-state index in [1.54, 1.807) is 12.1 Å². The lowest BCUT2D eigenvalue weighted by atomic mass is 10.1. The van der Waals surface area contributed by atoms with Crippen LogP contribution in [0.3, 0.4) is 0 Å². The van der Waals surface area contributed by atoms with Gasteiger partial charge in [-0.2, -0.15) is 0 Å². The van der Waals surface area contributed by atoms with Gasteiger partial charge in [0.05, 0.1) is 5.39 Å². The van der Waals surface area contributed by atoms with Gasteiger partial charge in [0.15, 0.2) is 0 Å². The van der Waals surface area contributed by atoms with E-state index >= 15 is 0 Å². The van der Waals surface area contributed by atoms with Crippen LogP contribution in [-0.2, 0) is 0 Å². The minimum Gasteiger partial charge on any atom is -0.458 e. The van der Waals surface area contributed by atoms with Gasteiger partial charge in [0.1, 0.15) is 23.3 Å². The maximum atomic E-state index is 13.4. The second kappa shape index (κ2) is 3.66. The van der Waals surface area contributed by atoms with Crippen LogP contribution in [0.1, 0.15) is 30.8 Å². The van der Waals surface area contributed by atoms with Crippen LogP contribution in [0.25, 0.3) is 11.0 Å². The summed E-state index contributed by atoms with van der Waals surface area (Å²) in [4.78, 5) is 0. The Balaban J connectivity index is 2.64. The molecule has 1 unspecified atom stereocenters. The van der Waals surface area contributed by atoms with Crippen LogP contribution in [0.4, 0.5) is 4.39 Å². The third-order valence-electron chi connectivity index (χ3n) is 2.56. The first kappa shape index (κ1) is 10.2. The van der Waals surface area contributed by atoms with Gasteiger partial charge in [0.25, 0.3) is 0 Å². The van der Waals surface area contributed by atoms with E-state index in [0.29, 0.717) is 23.2 Å². The Hall–Kier alpha value is -1.35. The lowest BCUT2D eigenvalue weighted by molar-refractivity contribution is 0.148. The second-order valence-electron chi connectivity index (χ2n) is 3.68. The van der Waals surface area contributed by atoms with Crippen molar-refractivity contribution in [1.82, 2.24) is 0 Å². The zero-order valence-electron chi connectivity index (χ0n) is 8.75. The first-order chi connectivity index (χ1) is 7.13. The summed E-state index contributed by atoms with van der Waals surface area (Å²) in [7, 11) is 0. The van der Waals surface area contributed by atoms with E-state index in [2.05, 4.69) is 0 Å². The van der Waals surface area contributed by atoms with Crippen molar-refractivity contribution in [1.29, 1.82) is 0 Å². The van der Waals surface area contributed by atoms with Crippen molar-refractivity contribution in [3.63, 3.8) is 0 Å². The molecule has 0 bridgehead atoms. The number of rotatable bonds is 2. The summed E-state index contributed by atoms with van der Waals surface area (Å²) in [5, 5.41) is 10.0. The van der Waals surface area contributed by atoms with E-state index in [0.717, 1.165) is 5.56 Å². The van der Waals surface area contributed by atoms with Gasteiger partial charge in [-0.05, 0) is 31.0 Å².